The van der Waals surface area contributed by atoms with Crippen molar-refractivity contribution in [2.24, 2.45) is 5.92 Å². The van der Waals surface area contributed by atoms with Crippen molar-refractivity contribution in [3.63, 3.8) is 0 Å². The summed E-state index contributed by atoms with van der Waals surface area (Å²) in [5.41, 5.74) is 5.25. The second kappa shape index (κ2) is 9.17. The fourth-order valence-corrected chi connectivity index (χ4v) is 4.21. The highest BCUT2D eigenvalue weighted by Gasteiger charge is 2.22. The van der Waals surface area contributed by atoms with Crippen molar-refractivity contribution in [1.82, 2.24) is 4.98 Å². The van der Waals surface area contributed by atoms with Crippen molar-refractivity contribution in [2.75, 3.05) is 0 Å². The van der Waals surface area contributed by atoms with E-state index in [0.29, 0.717) is 5.92 Å². The Balaban J connectivity index is 1.59. The number of hydrogen-bond acceptors (Lipinski definition) is 1. The van der Waals surface area contributed by atoms with E-state index in [0.717, 1.165) is 5.92 Å². The van der Waals surface area contributed by atoms with Crippen LogP contribution in [-0.4, -0.2) is 4.98 Å². The Hall–Kier alpha value is -1.63. The number of hydrogen-bond donors (Lipinski definition) is 0. The van der Waals surface area contributed by atoms with E-state index in [1.165, 1.54) is 80.2 Å². The number of unbranched alkanes of at least 4 members (excludes halogenated alkanes) is 1. The van der Waals surface area contributed by atoms with Crippen molar-refractivity contribution in [1.29, 1.82) is 0 Å². The Labute approximate surface area is 153 Å². The zero-order valence-corrected chi connectivity index (χ0v) is 16.0. The summed E-state index contributed by atoms with van der Waals surface area (Å²) in [7, 11) is 0. The van der Waals surface area contributed by atoms with Crippen LogP contribution in [0, 0.1) is 5.92 Å². The maximum Gasteiger partial charge on any atom is 0.0434 e. The second-order valence-electron chi connectivity index (χ2n) is 7.78. The van der Waals surface area contributed by atoms with Gasteiger partial charge < -0.3 is 0 Å². The molecule has 1 aliphatic rings. The average Bonchev–Trinajstić information content (AvgIpc) is 2.68. The molecule has 0 aliphatic heterocycles. The third-order valence-corrected chi connectivity index (χ3v) is 5.84. The van der Waals surface area contributed by atoms with Gasteiger partial charge in [-0.1, -0.05) is 69.9 Å². The number of pyridine rings is 1. The summed E-state index contributed by atoms with van der Waals surface area (Å²) in [5, 5.41) is 0. The first kappa shape index (κ1) is 18.2. The summed E-state index contributed by atoms with van der Waals surface area (Å²) >= 11 is 0. The van der Waals surface area contributed by atoms with E-state index in [-0.39, 0.29) is 0 Å². The summed E-state index contributed by atoms with van der Waals surface area (Å²) in [6, 6.07) is 13.5. The first-order valence-corrected chi connectivity index (χ1v) is 10.4. The summed E-state index contributed by atoms with van der Waals surface area (Å²) in [4.78, 5) is 4.82. The Morgan fingerprint density at radius 1 is 0.840 bits per heavy atom. The number of nitrogens with zero attached hydrogens (tertiary/aromatic N) is 1. The average molecular weight is 336 g/mol. The monoisotopic (exact) mass is 335 g/mol. The number of aromatic nitrogens is 1. The molecule has 3 rings (SSSR count). The number of rotatable bonds is 7. The smallest absolute Gasteiger partial charge is 0.0434 e. The van der Waals surface area contributed by atoms with Gasteiger partial charge in [0.1, 0.15) is 0 Å². The van der Waals surface area contributed by atoms with Crippen LogP contribution in [-0.2, 0) is 6.42 Å². The number of benzene rings is 1. The summed E-state index contributed by atoms with van der Waals surface area (Å²) < 4.78 is 0. The minimum atomic E-state index is 0.679. The van der Waals surface area contributed by atoms with Crippen LogP contribution in [0.2, 0.25) is 0 Å². The summed E-state index contributed by atoms with van der Waals surface area (Å²) in [6.45, 7) is 4.53. The zero-order valence-electron chi connectivity index (χ0n) is 16.0. The van der Waals surface area contributed by atoms with Crippen molar-refractivity contribution in [2.45, 2.75) is 77.6 Å². The molecule has 25 heavy (non-hydrogen) atoms. The molecule has 2 aromatic rings. The SMILES string of the molecule is CCCC[C@H]1CC[C@H](c2ccc(-c3ccc(CCC)cc3)cn2)CC1. The molecular formula is C24H33N. The van der Waals surface area contributed by atoms with Crippen LogP contribution in [0.5, 0.6) is 0 Å². The molecule has 1 nitrogen and oxygen atoms in total. The van der Waals surface area contributed by atoms with Crippen LogP contribution >= 0.6 is 0 Å². The van der Waals surface area contributed by atoms with Crippen LogP contribution in [0.4, 0.5) is 0 Å². The van der Waals surface area contributed by atoms with Gasteiger partial charge in [-0.25, -0.2) is 0 Å². The van der Waals surface area contributed by atoms with Gasteiger partial charge in [0.25, 0.3) is 0 Å². The van der Waals surface area contributed by atoms with Gasteiger partial charge in [-0.15, -0.1) is 0 Å². The highest BCUT2D eigenvalue weighted by atomic mass is 14.7. The predicted octanol–water partition coefficient (Wildman–Crippen LogP) is 7.17. The largest absolute Gasteiger partial charge is 0.260 e. The lowest BCUT2D eigenvalue weighted by molar-refractivity contribution is 0.301. The Kier molecular flexibility index (Phi) is 6.67. The van der Waals surface area contributed by atoms with Gasteiger partial charge in [0.2, 0.25) is 0 Å². The van der Waals surface area contributed by atoms with E-state index in [1.54, 1.807) is 0 Å². The van der Waals surface area contributed by atoms with Crippen molar-refractivity contribution in [3.8, 4) is 11.1 Å². The molecule has 1 aromatic heterocycles. The molecule has 0 amide bonds. The van der Waals surface area contributed by atoms with E-state index in [4.69, 9.17) is 4.98 Å². The molecule has 1 heteroatoms. The molecule has 0 saturated heterocycles. The lowest BCUT2D eigenvalue weighted by Crippen LogP contribution is -2.14. The highest BCUT2D eigenvalue weighted by molar-refractivity contribution is 5.62. The first-order valence-electron chi connectivity index (χ1n) is 10.4. The number of aryl methyl sites for hydroxylation is 1. The topological polar surface area (TPSA) is 12.9 Å². The van der Waals surface area contributed by atoms with Crippen LogP contribution < -0.4 is 0 Å². The molecule has 1 aliphatic carbocycles. The predicted molar refractivity (Wildman–Crippen MR) is 108 cm³/mol. The Bertz CT molecular complexity index is 618. The lowest BCUT2D eigenvalue weighted by Gasteiger charge is -2.28. The van der Waals surface area contributed by atoms with Crippen molar-refractivity contribution < 1.29 is 0 Å². The molecule has 134 valence electrons. The highest BCUT2D eigenvalue weighted by Crippen LogP contribution is 2.37. The minimum absolute atomic E-state index is 0.679. The zero-order chi connectivity index (χ0) is 17.5. The molecule has 0 N–H and O–H groups in total. The van der Waals surface area contributed by atoms with Crippen molar-refractivity contribution >= 4 is 0 Å². The van der Waals surface area contributed by atoms with Gasteiger partial charge in [-0.3, -0.25) is 4.98 Å². The van der Waals surface area contributed by atoms with Gasteiger partial charge in [-0.2, -0.15) is 0 Å². The molecular weight excluding hydrogens is 302 g/mol. The quantitative estimate of drug-likeness (QED) is 0.523. The van der Waals surface area contributed by atoms with Crippen LogP contribution in [0.1, 0.15) is 82.4 Å². The third kappa shape index (κ3) is 4.93. The molecule has 1 heterocycles. The second-order valence-corrected chi connectivity index (χ2v) is 7.78. The van der Waals surface area contributed by atoms with Crippen LogP contribution in [0.3, 0.4) is 0 Å². The fraction of sp³-hybridized carbons (Fsp3) is 0.542. The van der Waals surface area contributed by atoms with E-state index >= 15 is 0 Å². The molecule has 0 unspecified atom stereocenters. The van der Waals surface area contributed by atoms with Crippen molar-refractivity contribution in [3.05, 3.63) is 53.9 Å². The van der Waals surface area contributed by atoms with Gasteiger partial charge in [-0.05, 0) is 55.2 Å². The van der Waals surface area contributed by atoms with Crippen LogP contribution in [0.25, 0.3) is 11.1 Å². The van der Waals surface area contributed by atoms with Gasteiger partial charge in [0.15, 0.2) is 0 Å². The van der Waals surface area contributed by atoms with E-state index < -0.39 is 0 Å². The van der Waals surface area contributed by atoms with E-state index in [1.807, 2.05) is 0 Å². The molecule has 1 saturated carbocycles. The molecule has 0 radical (unpaired) electrons. The standard InChI is InChI=1S/C24H33N/c1-3-5-7-20-10-14-22(15-11-20)24-17-16-23(18-25-24)21-12-8-19(6-4-2)9-13-21/h8-9,12-13,16-18,20,22H,3-7,10-11,14-15H2,1-2H3/t20-,22-. The molecule has 1 fully saturated rings. The Morgan fingerprint density at radius 3 is 2.16 bits per heavy atom. The minimum Gasteiger partial charge on any atom is -0.260 e. The van der Waals surface area contributed by atoms with Gasteiger partial charge >= 0.3 is 0 Å². The van der Waals surface area contributed by atoms with E-state index in [9.17, 15) is 0 Å². The maximum absolute atomic E-state index is 4.82. The first-order chi connectivity index (χ1) is 12.3. The normalized spacial score (nSPS) is 20.6. The van der Waals surface area contributed by atoms with E-state index in [2.05, 4.69) is 56.4 Å². The summed E-state index contributed by atoms with van der Waals surface area (Å²) in [5.74, 6) is 1.65. The van der Waals surface area contributed by atoms with Gasteiger partial charge in [0.05, 0.1) is 0 Å². The summed E-state index contributed by atoms with van der Waals surface area (Å²) in [6.07, 6.45) is 14.1. The lowest BCUT2D eigenvalue weighted by atomic mass is 9.78. The molecule has 0 bridgehead atoms. The molecule has 1 aromatic carbocycles. The Morgan fingerprint density at radius 2 is 1.56 bits per heavy atom. The van der Waals surface area contributed by atoms with Crippen LogP contribution in [0.15, 0.2) is 42.6 Å². The maximum atomic E-state index is 4.82. The third-order valence-electron chi connectivity index (χ3n) is 5.84. The fourth-order valence-electron chi connectivity index (χ4n) is 4.21. The molecule has 0 spiro atoms. The molecule has 0 atom stereocenters. The van der Waals surface area contributed by atoms with Gasteiger partial charge in [0, 0.05) is 23.4 Å².